The number of hydrogen-bond acceptors (Lipinski definition) is 3. The second-order valence-corrected chi connectivity index (χ2v) is 7.53. The van der Waals surface area contributed by atoms with Crippen LogP contribution in [0.1, 0.15) is 20.0 Å². The molecule has 0 atom stereocenters. The van der Waals surface area contributed by atoms with Gasteiger partial charge in [-0.05, 0) is 36.4 Å². The van der Waals surface area contributed by atoms with Gasteiger partial charge in [-0.2, -0.15) is 0 Å². The van der Waals surface area contributed by atoms with E-state index in [1.54, 1.807) is 48.5 Å². The lowest BCUT2D eigenvalue weighted by molar-refractivity contribution is 0.102. The van der Waals surface area contributed by atoms with E-state index in [1.807, 2.05) is 30.3 Å². The molecule has 28 heavy (non-hydrogen) atoms. The lowest BCUT2D eigenvalue weighted by Crippen LogP contribution is -2.13. The molecule has 6 heteroatoms. The van der Waals surface area contributed by atoms with Crippen LogP contribution in [0, 0.1) is 0 Å². The van der Waals surface area contributed by atoms with Gasteiger partial charge in [0.25, 0.3) is 11.8 Å². The van der Waals surface area contributed by atoms with Crippen LogP contribution in [-0.2, 0) is 0 Å². The van der Waals surface area contributed by atoms with Crippen molar-refractivity contribution in [2.75, 3.05) is 10.6 Å². The van der Waals surface area contributed by atoms with Crippen molar-refractivity contribution in [3.8, 4) is 0 Å². The van der Waals surface area contributed by atoms with Gasteiger partial charge in [-0.15, -0.1) is 11.3 Å². The van der Waals surface area contributed by atoms with Crippen LogP contribution in [-0.4, -0.2) is 11.8 Å². The Morgan fingerprint density at radius 2 is 1.39 bits per heavy atom. The highest BCUT2D eigenvalue weighted by Gasteiger charge is 2.17. The third-order valence-electron chi connectivity index (χ3n) is 4.16. The molecule has 138 valence electrons. The van der Waals surface area contributed by atoms with Gasteiger partial charge in [0.1, 0.15) is 4.88 Å². The molecule has 4 aromatic rings. The molecule has 0 unspecified atom stereocenters. The zero-order valence-corrected chi connectivity index (χ0v) is 16.2. The van der Waals surface area contributed by atoms with Crippen LogP contribution in [0.15, 0.2) is 78.9 Å². The summed E-state index contributed by atoms with van der Waals surface area (Å²) in [6, 6.07) is 23.6. The second-order valence-electron chi connectivity index (χ2n) is 6.10. The monoisotopic (exact) mass is 406 g/mol. The number of fused-ring (bicyclic) bond motifs is 1. The summed E-state index contributed by atoms with van der Waals surface area (Å²) in [5.74, 6) is -0.491. The zero-order valence-electron chi connectivity index (χ0n) is 14.6. The van der Waals surface area contributed by atoms with Crippen molar-refractivity contribution in [1.29, 1.82) is 0 Å². The number of anilines is 2. The number of amides is 2. The Labute approximate surface area is 170 Å². The van der Waals surface area contributed by atoms with Gasteiger partial charge in [0.15, 0.2) is 0 Å². The highest BCUT2D eigenvalue weighted by atomic mass is 35.5. The summed E-state index contributed by atoms with van der Waals surface area (Å²) in [5.41, 5.74) is 1.73. The fourth-order valence-electron chi connectivity index (χ4n) is 2.82. The minimum atomic E-state index is -0.280. The largest absolute Gasteiger partial charge is 0.322 e. The van der Waals surface area contributed by atoms with Gasteiger partial charge in [0, 0.05) is 27.0 Å². The molecule has 0 bridgehead atoms. The topological polar surface area (TPSA) is 58.2 Å². The van der Waals surface area contributed by atoms with Crippen LogP contribution < -0.4 is 10.6 Å². The zero-order chi connectivity index (χ0) is 19.5. The van der Waals surface area contributed by atoms with Gasteiger partial charge in [0.2, 0.25) is 0 Å². The minimum absolute atomic E-state index is 0.211. The molecule has 0 spiro atoms. The summed E-state index contributed by atoms with van der Waals surface area (Å²) < 4.78 is 0.960. The number of halogens is 1. The van der Waals surface area contributed by atoms with Crippen LogP contribution in [0.3, 0.4) is 0 Å². The van der Waals surface area contributed by atoms with E-state index in [4.69, 9.17) is 11.6 Å². The second kappa shape index (κ2) is 7.84. The van der Waals surface area contributed by atoms with Crippen molar-refractivity contribution >= 4 is 56.2 Å². The van der Waals surface area contributed by atoms with E-state index in [2.05, 4.69) is 10.6 Å². The first-order valence-corrected chi connectivity index (χ1v) is 9.76. The summed E-state index contributed by atoms with van der Waals surface area (Å²) in [6.07, 6.45) is 0. The van der Waals surface area contributed by atoms with Crippen molar-refractivity contribution in [3.63, 3.8) is 0 Å². The van der Waals surface area contributed by atoms with E-state index in [-0.39, 0.29) is 11.8 Å². The molecule has 0 radical (unpaired) electrons. The van der Waals surface area contributed by atoms with Gasteiger partial charge in [0.05, 0.1) is 5.02 Å². The Bertz CT molecular complexity index is 1170. The lowest BCUT2D eigenvalue weighted by atomic mass is 10.2. The normalized spacial score (nSPS) is 10.6. The van der Waals surface area contributed by atoms with Crippen molar-refractivity contribution in [2.45, 2.75) is 0 Å². The van der Waals surface area contributed by atoms with Crippen LogP contribution in [0.2, 0.25) is 5.02 Å². The number of hydrogen-bond donors (Lipinski definition) is 2. The highest BCUT2D eigenvalue weighted by molar-refractivity contribution is 7.21. The molecule has 0 fully saturated rings. The smallest absolute Gasteiger partial charge is 0.267 e. The van der Waals surface area contributed by atoms with E-state index in [9.17, 15) is 9.59 Å². The Kier molecular flexibility index (Phi) is 5.10. The third kappa shape index (κ3) is 3.76. The van der Waals surface area contributed by atoms with E-state index in [1.165, 1.54) is 11.3 Å². The first-order valence-electron chi connectivity index (χ1n) is 8.56. The van der Waals surface area contributed by atoms with E-state index < -0.39 is 0 Å². The summed E-state index contributed by atoms with van der Waals surface area (Å²) in [5, 5.41) is 6.99. The summed E-state index contributed by atoms with van der Waals surface area (Å²) in [4.78, 5) is 25.4. The average Bonchev–Trinajstić information content (AvgIpc) is 3.06. The number of rotatable bonds is 4. The first kappa shape index (κ1) is 18.2. The van der Waals surface area contributed by atoms with E-state index >= 15 is 0 Å². The summed E-state index contributed by atoms with van der Waals surface area (Å²) in [6.45, 7) is 0. The fourth-order valence-corrected chi connectivity index (χ4v) is 4.23. The van der Waals surface area contributed by atoms with Crippen LogP contribution in [0.4, 0.5) is 11.4 Å². The molecule has 4 rings (SSSR count). The summed E-state index contributed by atoms with van der Waals surface area (Å²) in [7, 11) is 0. The number of thiophene rings is 1. The molecule has 0 aliphatic carbocycles. The lowest BCUT2D eigenvalue weighted by Gasteiger charge is -2.08. The van der Waals surface area contributed by atoms with E-state index in [0.29, 0.717) is 26.8 Å². The SMILES string of the molecule is O=C(Nc1cccc(NC(=O)c2sc3ccccc3c2Cl)c1)c1ccccc1. The van der Waals surface area contributed by atoms with Crippen LogP contribution in [0.5, 0.6) is 0 Å². The summed E-state index contributed by atoms with van der Waals surface area (Å²) >= 11 is 7.73. The standard InChI is InChI=1S/C22H15ClN2O2S/c23-19-17-11-4-5-12-18(17)28-20(19)22(27)25-16-10-6-9-15(13-16)24-21(26)14-7-2-1-3-8-14/h1-13H,(H,24,26)(H,25,27). The van der Waals surface area contributed by atoms with Crippen molar-refractivity contribution in [2.24, 2.45) is 0 Å². The fraction of sp³-hybridized carbons (Fsp3) is 0. The predicted octanol–water partition coefficient (Wildman–Crippen LogP) is 6.06. The van der Waals surface area contributed by atoms with E-state index in [0.717, 1.165) is 10.1 Å². The maximum atomic E-state index is 12.7. The third-order valence-corrected chi connectivity index (χ3v) is 5.83. The van der Waals surface area contributed by atoms with Crippen molar-refractivity contribution in [3.05, 3.63) is 94.3 Å². The minimum Gasteiger partial charge on any atom is -0.322 e. The molecule has 2 amide bonds. The molecule has 1 aromatic heterocycles. The molecular formula is C22H15ClN2O2S. The number of benzene rings is 3. The van der Waals surface area contributed by atoms with Gasteiger partial charge in [-0.1, -0.05) is 54.1 Å². The number of carbonyl (C=O) groups is 2. The Balaban J connectivity index is 1.52. The molecule has 0 saturated carbocycles. The molecule has 1 heterocycles. The Hall–Kier alpha value is -3.15. The maximum absolute atomic E-state index is 12.7. The number of carbonyl (C=O) groups excluding carboxylic acids is 2. The molecule has 4 nitrogen and oxygen atoms in total. The maximum Gasteiger partial charge on any atom is 0.267 e. The number of nitrogens with one attached hydrogen (secondary N) is 2. The van der Waals surface area contributed by atoms with Gasteiger partial charge >= 0.3 is 0 Å². The average molecular weight is 407 g/mol. The highest BCUT2D eigenvalue weighted by Crippen LogP contribution is 2.35. The quantitative estimate of drug-likeness (QED) is 0.432. The molecule has 0 saturated heterocycles. The van der Waals surface area contributed by atoms with Crippen molar-refractivity contribution in [1.82, 2.24) is 0 Å². The Morgan fingerprint density at radius 1 is 0.750 bits per heavy atom. The van der Waals surface area contributed by atoms with Crippen LogP contribution in [0.25, 0.3) is 10.1 Å². The Morgan fingerprint density at radius 3 is 2.11 bits per heavy atom. The molecule has 2 N–H and O–H groups in total. The molecule has 3 aromatic carbocycles. The molecular weight excluding hydrogens is 392 g/mol. The first-order chi connectivity index (χ1) is 13.6. The van der Waals surface area contributed by atoms with Crippen LogP contribution >= 0.6 is 22.9 Å². The molecule has 0 aliphatic heterocycles. The molecule has 0 aliphatic rings. The van der Waals surface area contributed by atoms with Gasteiger partial charge in [-0.25, -0.2) is 0 Å². The van der Waals surface area contributed by atoms with Gasteiger partial charge in [-0.3, -0.25) is 9.59 Å². The van der Waals surface area contributed by atoms with Gasteiger partial charge < -0.3 is 10.6 Å². The van der Waals surface area contributed by atoms with Crippen molar-refractivity contribution < 1.29 is 9.59 Å². The predicted molar refractivity (Wildman–Crippen MR) is 116 cm³/mol.